The van der Waals surface area contributed by atoms with Crippen LogP contribution in [0.4, 0.5) is 5.69 Å². The number of aryl methyl sites for hydroxylation is 2. The maximum atomic E-state index is 13.0. The number of hydrogen-bond acceptors (Lipinski definition) is 4. The van der Waals surface area contributed by atoms with Gasteiger partial charge in [-0.05, 0) is 50.5 Å². The number of methoxy groups -OCH3 is 1. The Morgan fingerprint density at radius 2 is 1.86 bits per heavy atom. The Morgan fingerprint density at radius 1 is 1.17 bits per heavy atom. The molecule has 29 heavy (non-hydrogen) atoms. The molecule has 0 spiro atoms. The van der Waals surface area contributed by atoms with E-state index < -0.39 is 16.1 Å². The van der Waals surface area contributed by atoms with E-state index in [2.05, 4.69) is 11.4 Å². The molecule has 0 bridgehead atoms. The Bertz CT molecular complexity index is 973. The minimum absolute atomic E-state index is 0.197. The number of nitrogens with one attached hydrogen (secondary N) is 1. The summed E-state index contributed by atoms with van der Waals surface area (Å²) in [6.07, 6.45) is 1.79. The molecule has 2 atom stereocenters. The smallest absolute Gasteiger partial charge is 0.244 e. The van der Waals surface area contributed by atoms with E-state index in [1.165, 1.54) is 7.11 Å². The summed E-state index contributed by atoms with van der Waals surface area (Å²) in [5, 5.41) is 3.02. The fraction of sp³-hybridized carbons (Fsp3) is 0.409. The topological polar surface area (TPSA) is 75.7 Å². The van der Waals surface area contributed by atoms with Crippen molar-refractivity contribution >= 4 is 21.6 Å². The molecule has 0 aliphatic carbocycles. The van der Waals surface area contributed by atoms with Crippen LogP contribution in [0.25, 0.3) is 0 Å². The highest BCUT2D eigenvalue weighted by Gasteiger charge is 2.30. The van der Waals surface area contributed by atoms with Crippen molar-refractivity contribution in [3.63, 3.8) is 0 Å². The molecule has 6 nitrogen and oxygen atoms in total. The molecule has 2 aromatic carbocycles. The zero-order chi connectivity index (χ0) is 21.8. The highest BCUT2D eigenvalue weighted by molar-refractivity contribution is 7.92. The molecule has 2 rings (SSSR count). The molecule has 2 unspecified atom stereocenters. The Labute approximate surface area is 173 Å². The van der Waals surface area contributed by atoms with Crippen molar-refractivity contribution in [2.24, 2.45) is 0 Å². The molecule has 1 amide bonds. The van der Waals surface area contributed by atoms with Crippen LogP contribution in [0.1, 0.15) is 43.0 Å². The normalized spacial score (nSPS) is 13.4. The first-order valence-corrected chi connectivity index (χ1v) is 11.4. The molecule has 158 valence electrons. The second-order valence-corrected chi connectivity index (χ2v) is 9.13. The number of hydrogen-bond donors (Lipinski definition) is 1. The molecule has 0 aliphatic rings. The van der Waals surface area contributed by atoms with Gasteiger partial charge in [-0.1, -0.05) is 36.8 Å². The van der Waals surface area contributed by atoms with Crippen molar-refractivity contribution in [1.82, 2.24) is 5.32 Å². The first kappa shape index (κ1) is 22.7. The van der Waals surface area contributed by atoms with E-state index in [0.29, 0.717) is 17.9 Å². The average Bonchev–Trinajstić information content (AvgIpc) is 2.65. The predicted octanol–water partition coefficient (Wildman–Crippen LogP) is 3.73. The summed E-state index contributed by atoms with van der Waals surface area (Å²) in [5.41, 5.74) is 3.67. The van der Waals surface area contributed by atoms with Gasteiger partial charge < -0.3 is 10.1 Å². The van der Waals surface area contributed by atoms with E-state index in [4.69, 9.17) is 4.74 Å². The zero-order valence-electron chi connectivity index (χ0n) is 17.9. The van der Waals surface area contributed by atoms with Gasteiger partial charge in [0, 0.05) is 6.07 Å². The van der Waals surface area contributed by atoms with Gasteiger partial charge in [-0.2, -0.15) is 0 Å². The van der Waals surface area contributed by atoms with Gasteiger partial charge in [-0.15, -0.1) is 0 Å². The van der Waals surface area contributed by atoms with E-state index in [-0.39, 0.29) is 11.9 Å². The van der Waals surface area contributed by atoms with Crippen molar-refractivity contribution < 1.29 is 17.9 Å². The number of ether oxygens (including phenoxy) is 1. The van der Waals surface area contributed by atoms with Crippen LogP contribution in [0.15, 0.2) is 42.5 Å². The Kier molecular flexibility index (Phi) is 7.30. The van der Waals surface area contributed by atoms with Gasteiger partial charge in [-0.25, -0.2) is 8.42 Å². The van der Waals surface area contributed by atoms with E-state index in [1.54, 1.807) is 31.2 Å². The largest absolute Gasteiger partial charge is 0.497 e. The molecular formula is C22H30N2O4S. The molecule has 0 fully saturated rings. The minimum atomic E-state index is -3.69. The first-order valence-electron chi connectivity index (χ1n) is 9.59. The number of carbonyl (C=O) groups excluding carboxylic acids is 1. The molecular weight excluding hydrogens is 388 g/mol. The van der Waals surface area contributed by atoms with Gasteiger partial charge in [0.15, 0.2) is 0 Å². The Hall–Kier alpha value is -2.54. The second-order valence-electron chi connectivity index (χ2n) is 7.27. The molecule has 0 aromatic heterocycles. The van der Waals surface area contributed by atoms with E-state index in [1.807, 2.05) is 32.9 Å². The first-order chi connectivity index (χ1) is 13.6. The molecule has 0 saturated carbocycles. The van der Waals surface area contributed by atoms with Crippen LogP contribution in [-0.4, -0.2) is 33.7 Å². The summed E-state index contributed by atoms with van der Waals surface area (Å²) in [6, 6.07) is 11.7. The molecule has 7 heteroatoms. The van der Waals surface area contributed by atoms with Crippen LogP contribution in [0.3, 0.4) is 0 Å². The van der Waals surface area contributed by atoms with Crippen molar-refractivity contribution in [3.05, 3.63) is 59.2 Å². The summed E-state index contributed by atoms with van der Waals surface area (Å²) in [4.78, 5) is 13.0. The van der Waals surface area contributed by atoms with Crippen LogP contribution in [-0.2, 0) is 14.8 Å². The van der Waals surface area contributed by atoms with Crippen LogP contribution < -0.4 is 14.4 Å². The van der Waals surface area contributed by atoms with E-state index in [9.17, 15) is 13.2 Å². The molecule has 0 aliphatic heterocycles. The monoisotopic (exact) mass is 418 g/mol. The average molecular weight is 419 g/mol. The lowest BCUT2D eigenvalue weighted by Gasteiger charge is -2.30. The van der Waals surface area contributed by atoms with Crippen molar-refractivity contribution in [3.8, 4) is 5.75 Å². The van der Waals surface area contributed by atoms with Gasteiger partial charge in [0.25, 0.3) is 0 Å². The maximum Gasteiger partial charge on any atom is 0.244 e. The maximum absolute atomic E-state index is 13.0. The molecule has 2 aromatic rings. The van der Waals surface area contributed by atoms with E-state index >= 15 is 0 Å². The Balaban J connectivity index is 2.32. The van der Waals surface area contributed by atoms with Crippen LogP contribution in [0, 0.1) is 13.8 Å². The number of benzene rings is 2. The highest BCUT2D eigenvalue weighted by Crippen LogP contribution is 2.26. The summed E-state index contributed by atoms with van der Waals surface area (Å²) in [7, 11) is -2.18. The van der Waals surface area contributed by atoms with Crippen LogP contribution in [0.5, 0.6) is 5.75 Å². The van der Waals surface area contributed by atoms with Crippen molar-refractivity contribution in [2.45, 2.75) is 46.2 Å². The quantitative estimate of drug-likeness (QED) is 0.709. The molecule has 0 heterocycles. The summed E-state index contributed by atoms with van der Waals surface area (Å²) in [6.45, 7) is 7.62. The second kappa shape index (κ2) is 9.31. The van der Waals surface area contributed by atoms with Gasteiger partial charge in [-0.3, -0.25) is 9.10 Å². The lowest BCUT2D eigenvalue weighted by molar-refractivity contribution is -0.122. The van der Waals surface area contributed by atoms with Crippen LogP contribution >= 0.6 is 0 Å². The summed E-state index contributed by atoms with van der Waals surface area (Å²) < 4.78 is 31.3. The number of carbonyl (C=O) groups is 1. The lowest BCUT2D eigenvalue weighted by atomic mass is 9.97. The van der Waals surface area contributed by atoms with Crippen LogP contribution in [0.2, 0.25) is 0 Å². The third-order valence-electron chi connectivity index (χ3n) is 4.92. The third-order valence-corrected chi connectivity index (χ3v) is 6.16. The number of rotatable bonds is 8. The van der Waals surface area contributed by atoms with Crippen molar-refractivity contribution in [2.75, 3.05) is 17.7 Å². The number of amides is 1. The fourth-order valence-electron chi connectivity index (χ4n) is 3.47. The molecule has 0 saturated heterocycles. The number of nitrogens with zero attached hydrogens (tertiary/aromatic N) is 1. The Morgan fingerprint density at radius 3 is 2.41 bits per heavy atom. The SMILES string of the molecule is CCC(NC(=O)C(C)N(c1cccc(OC)c1)S(C)(=O)=O)c1ccc(C)cc1C. The van der Waals surface area contributed by atoms with Gasteiger partial charge in [0.1, 0.15) is 11.8 Å². The zero-order valence-corrected chi connectivity index (χ0v) is 18.7. The predicted molar refractivity (Wildman–Crippen MR) is 117 cm³/mol. The standard InChI is InChI=1S/C22H30N2O4S/c1-7-21(20-12-11-15(2)13-16(20)3)23-22(25)17(4)24(29(6,26)27)18-9-8-10-19(14-18)28-5/h8-14,17,21H,7H2,1-6H3,(H,23,25). The van der Waals surface area contributed by atoms with E-state index in [0.717, 1.165) is 27.3 Å². The number of anilines is 1. The highest BCUT2D eigenvalue weighted by atomic mass is 32.2. The third kappa shape index (κ3) is 5.50. The van der Waals surface area contributed by atoms with Gasteiger partial charge >= 0.3 is 0 Å². The molecule has 1 N–H and O–H groups in total. The van der Waals surface area contributed by atoms with Gasteiger partial charge in [0.2, 0.25) is 15.9 Å². The molecule has 0 radical (unpaired) electrons. The summed E-state index contributed by atoms with van der Waals surface area (Å²) in [5.74, 6) is 0.163. The lowest BCUT2D eigenvalue weighted by Crippen LogP contribution is -2.48. The van der Waals surface area contributed by atoms with Gasteiger partial charge in [0.05, 0.1) is 25.1 Å². The minimum Gasteiger partial charge on any atom is -0.497 e. The summed E-state index contributed by atoms with van der Waals surface area (Å²) >= 11 is 0. The fourth-order valence-corrected chi connectivity index (χ4v) is 4.63. The number of sulfonamides is 1. The van der Waals surface area contributed by atoms with Crippen molar-refractivity contribution in [1.29, 1.82) is 0 Å².